The summed E-state index contributed by atoms with van der Waals surface area (Å²) in [5.74, 6) is -1.92. The van der Waals surface area contributed by atoms with Crippen LogP contribution < -0.4 is 0 Å². The van der Waals surface area contributed by atoms with E-state index in [4.69, 9.17) is 11.6 Å². The molecule has 5 nitrogen and oxygen atoms in total. The van der Waals surface area contributed by atoms with Crippen LogP contribution in [-0.4, -0.2) is 35.9 Å². The van der Waals surface area contributed by atoms with Crippen molar-refractivity contribution in [1.29, 1.82) is 0 Å². The van der Waals surface area contributed by atoms with Crippen LogP contribution in [0.3, 0.4) is 0 Å². The van der Waals surface area contributed by atoms with E-state index in [0.717, 1.165) is 22.5 Å². The van der Waals surface area contributed by atoms with Gasteiger partial charge in [-0.25, -0.2) is 12.8 Å². The normalized spacial score (nSPS) is 24.0. The number of carboxylic acids is 1. The molecule has 1 aliphatic heterocycles. The van der Waals surface area contributed by atoms with E-state index in [2.05, 4.69) is 0 Å². The van der Waals surface area contributed by atoms with Crippen LogP contribution in [0, 0.1) is 5.82 Å². The van der Waals surface area contributed by atoms with Crippen molar-refractivity contribution in [3.8, 4) is 0 Å². The van der Waals surface area contributed by atoms with Gasteiger partial charge in [-0.1, -0.05) is 11.6 Å². The summed E-state index contributed by atoms with van der Waals surface area (Å²) in [4.78, 5) is 11.3. The Morgan fingerprint density at radius 1 is 1.43 bits per heavy atom. The summed E-state index contributed by atoms with van der Waals surface area (Å²) in [5.41, 5.74) is -1.50. The number of piperidine rings is 1. The maximum absolute atomic E-state index is 13.2. The number of benzene rings is 1. The number of hydrogen-bond acceptors (Lipinski definition) is 3. The van der Waals surface area contributed by atoms with E-state index in [9.17, 15) is 22.7 Å². The fraction of sp³-hybridized carbons (Fsp3) is 0.462. The highest BCUT2D eigenvalue weighted by Gasteiger charge is 2.47. The first-order chi connectivity index (χ1) is 9.69. The Bertz CT molecular complexity index is 679. The third-order valence-electron chi connectivity index (χ3n) is 3.77. The minimum Gasteiger partial charge on any atom is -0.480 e. The second kappa shape index (κ2) is 5.55. The van der Waals surface area contributed by atoms with Crippen molar-refractivity contribution in [3.63, 3.8) is 0 Å². The quantitative estimate of drug-likeness (QED) is 0.921. The van der Waals surface area contributed by atoms with Gasteiger partial charge < -0.3 is 5.11 Å². The van der Waals surface area contributed by atoms with Crippen LogP contribution in [0.4, 0.5) is 4.39 Å². The number of rotatable bonds is 3. The number of nitrogens with zero attached hydrogens (tertiary/aromatic N) is 1. The van der Waals surface area contributed by atoms with Gasteiger partial charge in [-0.2, -0.15) is 4.31 Å². The molecule has 1 N–H and O–H groups in total. The van der Waals surface area contributed by atoms with E-state index >= 15 is 0 Å². The standard InChI is InChI=1S/C13H15ClFNO4S/c1-13(12(17)18)6-2-3-7-16(13)21(19,20)9-4-5-11(15)10(14)8-9/h4-5,8H,2-3,6-7H2,1H3,(H,17,18). The zero-order valence-electron chi connectivity index (χ0n) is 11.3. The zero-order valence-corrected chi connectivity index (χ0v) is 12.9. The largest absolute Gasteiger partial charge is 0.480 e. The van der Waals surface area contributed by atoms with Gasteiger partial charge in [-0.05, 0) is 44.4 Å². The van der Waals surface area contributed by atoms with Gasteiger partial charge in [0.25, 0.3) is 0 Å². The van der Waals surface area contributed by atoms with Crippen LogP contribution in [0.5, 0.6) is 0 Å². The van der Waals surface area contributed by atoms with Crippen molar-refractivity contribution in [2.24, 2.45) is 0 Å². The number of aliphatic carboxylic acids is 1. The number of carboxylic acid groups (broad SMARTS) is 1. The molecule has 1 saturated heterocycles. The Morgan fingerprint density at radius 3 is 2.67 bits per heavy atom. The van der Waals surface area contributed by atoms with Gasteiger partial charge in [0.15, 0.2) is 0 Å². The Labute approximate surface area is 127 Å². The first kappa shape index (κ1) is 16.2. The molecule has 1 aliphatic rings. The lowest BCUT2D eigenvalue weighted by atomic mass is 9.91. The van der Waals surface area contributed by atoms with Gasteiger partial charge in [-0.15, -0.1) is 0 Å². The number of halogens is 2. The summed E-state index contributed by atoms with van der Waals surface area (Å²) < 4.78 is 39.4. The maximum Gasteiger partial charge on any atom is 0.324 e. The smallest absolute Gasteiger partial charge is 0.324 e. The summed E-state index contributed by atoms with van der Waals surface area (Å²) in [6, 6.07) is 3.05. The molecule has 2 rings (SSSR count). The minimum atomic E-state index is -4.05. The summed E-state index contributed by atoms with van der Waals surface area (Å²) in [6.07, 6.45) is 1.45. The average molecular weight is 336 g/mol. The van der Waals surface area contributed by atoms with Gasteiger partial charge in [0.1, 0.15) is 11.4 Å². The van der Waals surface area contributed by atoms with Crippen molar-refractivity contribution in [2.45, 2.75) is 36.6 Å². The summed E-state index contributed by atoms with van der Waals surface area (Å²) >= 11 is 5.62. The molecule has 21 heavy (non-hydrogen) atoms. The fourth-order valence-electron chi connectivity index (χ4n) is 2.46. The predicted octanol–water partition coefficient (Wildman–Crippen LogP) is 2.50. The molecule has 0 amide bonds. The summed E-state index contributed by atoms with van der Waals surface area (Å²) in [7, 11) is -4.05. The van der Waals surface area contributed by atoms with Gasteiger partial charge >= 0.3 is 5.97 Å². The van der Waals surface area contributed by atoms with Crippen LogP contribution in [0.2, 0.25) is 5.02 Å². The van der Waals surface area contributed by atoms with E-state index in [1.54, 1.807) is 0 Å². The van der Waals surface area contributed by atoms with E-state index < -0.39 is 27.3 Å². The lowest BCUT2D eigenvalue weighted by Gasteiger charge is -2.40. The monoisotopic (exact) mass is 335 g/mol. The van der Waals surface area contributed by atoms with Crippen molar-refractivity contribution < 1.29 is 22.7 Å². The van der Waals surface area contributed by atoms with Crippen molar-refractivity contribution in [2.75, 3.05) is 6.54 Å². The fourth-order valence-corrected chi connectivity index (χ4v) is 4.54. The third-order valence-corrected chi connectivity index (χ3v) is 6.07. The van der Waals surface area contributed by atoms with E-state index in [0.29, 0.717) is 12.8 Å². The van der Waals surface area contributed by atoms with Crippen LogP contribution in [0.25, 0.3) is 0 Å². The molecule has 0 bridgehead atoms. The molecule has 1 unspecified atom stereocenters. The molecule has 116 valence electrons. The highest BCUT2D eigenvalue weighted by molar-refractivity contribution is 7.89. The molecule has 1 aromatic rings. The average Bonchev–Trinajstić information content (AvgIpc) is 2.41. The SMILES string of the molecule is CC1(C(=O)O)CCCCN1S(=O)(=O)c1ccc(F)c(Cl)c1. The van der Waals surface area contributed by atoms with Gasteiger partial charge in [-0.3, -0.25) is 4.79 Å². The Hall–Kier alpha value is -1.18. The number of carbonyl (C=O) groups is 1. The molecule has 0 saturated carbocycles. The maximum atomic E-state index is 13.2. The van der Waals surface area contributed by atoms with E-state index in [-0.39, 0.29) is 22.9 Å². The molecular formula is C13H15ClFNO4S. The van der Waals surface area contributed by atoms with E-state index in [1.807, 2.05) is 0 Å². The second-order valence-electron chi connectivity index (χ2n) is 5.19. The molecule has 1 atom stereocenters. The minimum absolute atomic E-state index is 0.111. The Morgan fingerprint density at radius 2 is 2.10 bits per heavy atom. The molecule has 0 aromatic heterocycles. The number of sulfonamides is 1. The molecule has 1 aromatic carbocycles. The highest BCUT2D eigenvalue weighted by atomic mass is 35.5. The second-order valence-corrected chi connectivity index (χ2v) is 7.46. The Kier molecular flexibility index (Phi) is 4.28. The lowest BCUT2D eigenvalue weighted by Crippen LogP contribution is -2.57. The van der Waals surface area contributed by atoms with Crippen LogP contribution in [0.1, 0.15) is 26.2 Å². The molecule has 0 spiro atoms. The summed E-state index contributed by atoms with van der Waals surface area (Å²) in [6.45, 7) is 1.50. The topological polar surface area (TPSA) is 74.7 Å². The third kappa shape index (κ3) is 2.77. The lowest BCUT2D eigenvalue weighted by molar-refractivity contribution is -0.149. The molecular weight excluding hydrogens is 321 g/mol. The molecule has 1 heterocycles. The van der Waals surface area contributed by atoms with Crippen LogP contribution in [-0.2, 0) is 14.8 Å². The van der Waals surface area contributed by atoms with Crippen molar-refractivity contribution in [3.05, 3.63) is 29.0 Å². The first-order valence-electron chi connectivity index (χ1n) is 6.41. The molecule has 1 fully saturated rings. The van der Waals surface area contributed by atoms with Gasteiger partial charge in [0.05, 0.1) is 9.92 Å². The van der Waals surface area contributed by atoms with Crippen LogP contribution >= 0.6 is 11.6 Å². The van der Waals surface area contributed by atoms with Gasteiger partial charge in [0.2, 0.25) is 10.0 Å². The molecule has 8 heteroatoms. The Balaban J connectivity index is 2.50. The predicted molar refractivity (Wildman–Crippen MR) is 75.2 cm³/mol. The van der Waals surface area contributed by atoms with E-state index in [1.165, 1.54) is 6.92 Å². The van der Waals surface area contributed by atoms with Crippen LogP contribution in [0.15, 0.2) is 23.1 Å². The molecule has 0 radical (unpaired) electrons. The number of hydrogen-bond donors (Lipinski definition) is 1. The summed E-state index contributed by atoms with van der Waals surface area (Å²) in [5, 5.41) is 9.07. The zero-order chi connectivity index (χ0) is 15.8. The van der Waals surface area contributed by atoms with Crippen molar-refractivity contribution >= 4 is 27.6 Å². The first-order valence-corrected chi connectivity index (χ1v) is 8.23. The molecule has 0 aliphatic carbocycles. The van der Waals surface area contributed by atoms with Gasteiger partial charge in [0, 0.05) is 6.54 Å². The highest BCUT2D eigenvalue weighted by Crippen LogP contribution is 2.34. The van der Waals surface area contributed by atoms with Crippen molar-refractivity contribution in [1.82, 2.24) is 4.31 Å².